The topological polar surface area (TPSA) is 46.2 Å². The minimum Gasteiger partial charge on any atom is -0.208 e. The number of sulfonamides is 1. The van der Waals surface area contributed by atoms with E-state index in [1.165, 1.54) is 6.42 Å². The van der Waals surface area contributed by atoms with Gasteiger partial charge in [0, 0.05) is 10.5 Å². The molecule has 1 aliphatic rings. The van der Waals surface area contributed by atoms with Crippen LogP contribution in [0.3, 0.4) is 0 Å². The Labute approximate surface area is 130 Å². The number of aryl methyl sites for hydroxylation is 1. The van der Waals surface area contributed by atoms with E-state index in [9.17, 15) is 8.42 Å². The van der Waals surface area contributed by atoms with Gasteiger partial charge in [-0.15, -0.1) is 0 Å². The fraction of sp³-hybridized carbons (Fsp3) is 0.600. The Morgan fingerprint density at radius 2 is 2.00 bits per heavy atom. The minimum atomic E-state index is -3.46. The van der Waals surface area contributed by atoms with Crippen LogP contribution in [0.2, 0.25) is 0 Å². The van der Waals surface area contributed by atoms with Crippen molar-refractivity contribution in [1.82, 2.24) is 4.72 Å². The molecule has 2 rings (SSSR count). The van der Waals surface area contributed by atoms with E-state index < -0.39 is 10.0 Å². The largest absolute Gasteiger partial charge is 0.241 e. The highest BCUT2D eigenvalue weighted by molar-refractivity contribution is 9.10. The molecule has 5 heteroatoms. The molecule has 1 aliphatic carbocycles. The monoisotopic (exact) mass is 359 g/mol. The van der Waals surface area contributed by atoms with Gasteiger partial charge in [-0.1, -0.05) is 48.7 Å². The molecule has 3 nitrogen and oxygen atoms in total. The first-order chi connectivity index (χ1) is 9.22. The van der Waals surface area contributed by atoms with E-state index in [4.69, 9.17) is 0 Å². The van der Waals surface area contributed by atoms with Crippen molar-refractivity contribution in [2.75, 3.05) is 0 Å². The van der Waals surface area contributed by atoms with Crippen LogP contribution < -0.4 is 4.72 Å². The molecule has 1 aromatic rings. The van der Waals surface area contributed by atoms with Gasteiger partial charge in [-0.3, -0.25) is 0 Å². The van der Waals surface area contributed by atoms with Gasteiger partial charge in [0.2, 0.25) is 10.0 Å². The summed E-state index contributed by atoms with van der Waals surface area (Å²) in [7, 11) is -3.46. The van der Waals surface area contributed by atoms with Gasteiger partial charge in [0.15, 0.2) is 0 Å². The molecule has 1 aromatic carbocycles. The molecule has 1 N–H and O–H groups in total. The molecule has 0 aliphatic heterocycles. The normalized spacial score (nSPS) is 22.7. The van der Waals surface area contributed by atoms with Gasteiger partial charge in [0.05, 0.1) is 4.90 Å². The molecule has 1 fully saturated rings. The van der Waals surface area contributed by atoms with Crippen LogP contribution in [0.5, 0.6) is 0 Å². The van der Waals surface area contributed by atoms with Gasteiger partial charge < -0.3 is 0 Å². The Bertz CT molecular complexity index is 596. The third-order valence-corrected chi connectivity index (χ3v) is 6.35. The lowest BCUT2D eigenvalue weighted by molar-refractivity contribution is 0.188. The first kappa shape index (κ1) is 16.0. The van der Waals surface area contributed by atoms with Crippen LogP contribution in [0.15, 0.2) is 27.6 Å². The van der Waals surface area contributed by atoms with Gasteiger partial charge in [-0.2, -0.15) is 0 Å². The van der Waals surface area contributed by atoms with E-state index in [1.807, 2.05) is 19.1 Å². The van der Waals surface area contributed by atoms with Crippen molar-refractivity contribution in [3.63, 3.8) is 0 Å². The van der Waals surface area contributed by atoms with Gasteiger partial charge >= 0.3 is 0 Å². The highest BCUT2D eigenvalue weighted by Crippen LogP contribution is 2.36. The summed E-state index contributed by atoms with van der Waals surface area (Å²) in [5, 5.41) is 0. The average molecular weight is 360 g/mol. The van der Waals surface area contributed by atoms with Crippen molar-refractivity contribution in [2.45, 2.75) is 57.4 Å². The van der Waals surface area contributed by atoms with Gasteiger partial charge in [-0.25, -0.2) is 13.1 Å². The zero-order chi connectivity index (χ0) is 15.0. The van der Waals surface area contributed by atoms with Crippen LogP contribution in [-0.2, 0) is 10.0 Å². The zero-order valence-corrected chi connectivity index (χ0v) is 14.6. The van der Waals surface area contributed by atoms with Crippen molar-refractivity contribution in [3.05, 3.63) is 28.2 Å². The molecule has 0 saturated heterocycles. The molecule has 0 spiro atoms. The van der Waals surface area contributed by atoms with Crippen LogP contribution in [0.25, 0.3) is 0 Å². The maximum Gasteiger partial charge on any atom is 0.241 e. The van der Waals surface area contributed by atoms with E-state index in [2.05, 4.69) is 34.5 Å². The van der Waals surface area contributed by atoms with Crippen molar-refractivity contribution in [1.29, 1.82) is 0 Å². The third kappa shape index (κ3) is 3.43. The Morgan fingerprint density at radius 3 is 2.65 bits per heavy atom. The van der Waals surface area contributed by atoms with E-state index in [0.29, 0.717) is 4.90 Å². The number of hydrogen-bond acceptors (Lipinski definition) is 2. The Morgan fingerprint density at radius 1 is 1.30 bits per heavy atom. The van der Waals surface area contributed by atoms with Gasteiger partial charge in [-0.05, 0) is 42.9 Å². The molecule has 1 atom stereocenters. The summed E-state index contributed by atoms with van der Waals surface area (Å²) in [5.41, 5.74) is 0.792. The molecule has 112 valence electrons. The van der Waals surface area contributed by atoms with E-state index >= 15 is 0 Å². The maximum atomic E-state index is 12.6. The van der Waals surface area contributed by atoms with E-state index in [-0.39, 0.29) is 11.5 Å². The quantitative estimate of drug-likeness (QED) is 0.886. The maximum absolute atomic E-state index is 12.6. The molecule has 0 heterocycles. The van der Waals surface area contributed by atoms with Crippen molar-refractivity contribution >= 4 is 26.0 Å². The SMILES string of the molecule is Cc1ccc(Br)cc1S(=O)(=O)NC1CCCCC1(C)C. The predicted molar refractivity (Wildman–Crippen MR) is 85.2 cm³/mol. The molecule has 0 bridgehead atoms. The number of benzene rings is 1. The molecule has 0 radical (unpaired) electrons. The second-order valence-corrected chi connectivity index (χ2v) is 8.92. The first-order valence-corrected chi connectivity index (χ1v) is 9.28. The van der Waals surface area contributed by atoms with Gasteiger partial charge in [0.25, 0.3) is 0 Å². The average Bonchev–Trinajstić information content (AvgIpc) is 2.34. The Hall–Kier alpha value is -0.390. The molecule has 0 aromatic heterocycles. The molecule has 1 unspecified atom stereocenters. The smallest absolute Gasteiger partial charge is 0.208 e. The standard InChI is InChI=1S/C15H22BrNO2S/c1-11-7-8-12(16)10-13(11)20(18,19)17-14-6-4-5-9-15(14,2)3/h7-8,10,14,17H,4-6,9H2,1-3H3. The number of hydrogen-bond donors (Lipinski definition) is 1. The van der Waals surface area contributed by atoms with Crippen LogP contribution in [0, 0.1) is 12.3 Å². The van der Waals surface area contributed by atoms with Crippen molar-refractivity contribution in [2.24, 2.45) is 5.41 Å². The van der Waals surface area contributed by atoms with E-state index in [0.717, 1.165) is 29.3 Å². The summed E-state index contributed by atoms with van der Waals surface area (Å²) < 4.78 is 29.0. The molecule has 1 saturated carbocycles. The predicted octanol–water partition coefficient (Wildman–Crippen LogP) is 4.00. The second-order valence-electron chi connectivity index (χ2n) is 6.32. The number of rotatable bonds is 3. The number of halogens is 1. The molecular formula is C15H22BrNO2S. The lowest BCUT2D eigenvalue weighted by Gasteiger charge is -2.38. The lowest BCUT2D eigenvalue weighted by atomic mass is 9.74. The lowest BCUT2D eigenvalue weighted by Crippen LogP contribution is -2.46. The zero-order valence-electron chi connectivity index (χ0n) is 12.2. The highest BCUT2D eigenvalue weighted by atomic mass is 79.9. The highest BCUT2D eigenvalue weighted by Gasteiger charge is 2.35. The Kier molecular flexibility index (Phi) is 4.62. The van der Waals surface area contributed by atoms with Crippen LogP contribution >= 0.6 is 15.9 Å². The minimum absolute atomic E-state index is 0.0135. The van der Waals surface area contributed by atoms with Gasteiger partial charge in [0.1, 0.15) is 0 Å². The molecular weight excluding hydrogens is 338 g/mol. The molecule has 20 heavy (non-hydrogen) atoms. The van der Waals surface area contributed by atoms with Crippen molar-refractivity contribution in [3.8, 4) is 0 Å². The fourth-order valence-corrected chi connectivity index (χ4v) is 5.05. The fourth-order valence-electron chi connectivity index (χ4n) is 2.83. The van der Waals surface area contributed by atoms with Crippen LogP contribution in [-0.4, -0.2) is 14.5 Å². The summed E-state index contributed by atoms with van der Waals surface area (Å²) in [6.45, 7) is 6.12. The van der Waals surface area contributed by atoms with Crippen LogP contribution in [0.1, 0.15) is 45.1 Å². The summed E-state index contributed by atoms with van der Waals surface area (Å²) >= 11 is 3.34. The molecule has 0 amide bonds. The van der Waals surface area contributed by atoms with E-state index in [1.54, 1.807) is 6.07 Å². The first-order valence-electron chi connectivity index (χ1n) is 7.01. The number of nitrogens with one attached hydrogen (secondary N) is 1. The third-order valence-electron chi connectivity index (χ3n) is 4.24. The van der Waals surface area contributed by atoms with Crippen LogP contribution in [0.4, 0.5) is 0 Å². The summed E-state index contributed by atoms with van der Waals surface area (Å²) in [6.07, 6.45) is 4.26. The summed E-state index contributed by atoms with van der Waals surface area (Å²) in [5.74, 6) is 0. The summed E-state index contributed by atoms with van der Waals surface area (Å²) in [6, 6.07) is 5.37. The summed E-state index contributed by atoms with van der Waals surface area (Å²) in [4.78, 5) is 0.369. The van der Waals surface area contributed by atoms with Crippen molar-refractivity contribution < 1.29 is 8.42 Å². The second kappa shape index (κ2) is 5.78. The Balaban J connectivity index is 2.29.